The van der Waals surface area contributed by atoms with Gasteiger partial charge in [-0.15, -0.1) is 0 Å². The molecule has 1 unspecified atom stereocenters. The van der Waals surface area contributed by atoms with Crippen LogP contribution in [0.2, 0.25) is 0 Å². The third-order valence-electron chi connectivity index (χ3n) is 3.37. The highest BCUT2D eigenvalue weighted by Crippen LogP contribution is 2.25. The number of rotatable bonds is 14. The number of nitrogens with two attached hydrogens (primary N) is 3. The zero-order valence-electron chi connectivity index (χ0n) is 15.4. The van der Waals surface area contributed by atoms with Gasteiger partial charge in [0.05, 0.1) is 24.9 Å². The van der Waals surface area contributed by atoms with Gasteiger partial charge in [0, 0.05) is 11.5 Å². The number of carbonyl (C=O) groups excluding carboxylic acids is 2. The fraction of sp³-hybridized carbons (Fsp3) is 0.571. The molecule has 0 rings (SSSR count). The second-order valence-electron chi connectivity index (χ2n) is 5.82. The van der Waals surface area contributed by atoms with Crippen LogP contribution in [-0.2, 0) is 28.8 Å². The molecule has 170 valence electrons. The molecule has 16 heteroatoms. The molecular formula is C14H22N4O10S2. The molecule has 2 amide bonds. The fourth-order valence-electron chi connectivity index (χ4n) is 1.89. The van der Waals surface area contributed by atoms with Crippen molar-refractivity contribution in [2.45, 2.75) is 37.0 Å². The predicted octanol–water partition coefficient (Wildman–Crippen LogP) is -2.81. The largest absolute Gasteiger partial charge is 0.481 e. The van der Waals surface area contributed by atoms with Crippen molar-refractivity contribution in [3.8, 4) is 0 Å². The van der Waals surface area contributed by atoms with Crippen molar-refractivity contribution in [3.05, 3.63) is 0 Å². The molecule has 30 heavy (non-hydrogen) atoms. The number of carbonyl (C=O) groups is 6. The number of imide groups is 1. The van der Waals surface area contributed by atoms with E-state index in [-0.39, 0.29) is 10.7 Å². The molecule has 0 aliphatic carbocycles. The summed E-state index contributed by atoms with van der Waals surface area (Å²) in [6.07, 6.45) is -1.84. The number of nitrogens with zero attached hydrogens (tertiary/aromatic N) is 1. The van der Waals surface area contributed by atoms with Gasteiger partial charge in [-0.1, -0.05) is 21.6 Å². The Morgan fingerprint density at radius 1 is 0.667 bits per heavy atom. The summed E-state index contributed by atoms with van der Waals surface area (Å²) in [5.41, 5.74) is 16.2. The molecule has 14 nitrogen and oxygen atoms in total. The Morgan fingerprint density at radius 2 is 1.07 bits per heavy atom. The summed E-state index contributed by atoms with van der Waals surface area (Å²) >= 11 is 0. The van der Waals surface area contributed by atoms with E-state index in [4.69, 9.17) is 32.5 Å². The van der Waals surface area contributed by atoms with Crippen LogP contribution in [0.4, 0.5) is 0 Å². The summed E-state index contributed by atoms with van der Waals surface area (Å²) in [6, 6.07) is -6.69. The average Bonchev–Trinajstić information content (AvgIpc) is 2.61. The Labute approximate surface area is 177 Å². The first-order valence-electron chi connectivity index (χ1n) is 8.06. The van der Waals surface area contributed by atoms with Crippen LogP contribution in [-0.4, -0.2) is 96.7 Å². The van der Waals surface area contributed by atoms with Gasteiger partial charge in [-0.2, -0.15) is 0 Å². The number of amides is 2. The van der Waals surface area contributed by atoms with Gasteiger partial charge in [0.25, 0.3) is 0 Å². The summed E-state index contributed by atoms with van der Waals surface area (Å²) < 4.78 is 0. The van der Waals surface area contributed by atoms with E-state index < -0.39 is 78.5 Å². The van der Waals surface area contributed by atoms with Crippen molar-refractivity contribution in [1.82, 2.24) is 4.90 Å². The number of hydrogen-bond acceptors (Lipinski definition) is 11. The zero-order chi connectivity index (χ0) is 23.6. The number of carboxylic acids is 4. The maximum absolute atomic E-state index is 12.5. The number of carboxylic acid groups (broad SMARTS) is 4. The molecule has 10 N–H and O–H groups in total. The van der Waals surface area contributed by atoms with Crippen LogP contribution in [0.5, 0.6) is 0 Å². The Morgan fingerprint density at radius 3 is 1.40 bits per heavy atom. The van der Waals surface area contributed by atoms with Gasteiger partial charge in [-0.25, -0.2) is 4.79 Å². The van der Waals surface area contributed by atoms with Crippen molar-refractivity contribution >= 4 is 57.3 Å². The van der Waals surface area contributed by atoms with Gasteiger partial charge >= 0.3 is 23.9 Å². The quantitative estimate of drug-likeness (QED) is 0.0997. The van der Waals surface area contributed by atoms with Crippen molar-refractivity contribution in [3.63, 3.8) is 0 Å². The van der Waals surface area contributed by atoms with E-state index in [1.54, 1.807) is 0 Å². The standard InChI is InChI=1S/C14H22N4O10S2/c15-5(1-9(19)20)11(23)18(12(24)6(16)2-10(21)22)8(14(27)28)4-30-29-3-7(17)13(25)26/h5-8H,1-4,15-17H2,(H,19,20)(H,21,22)(H,25,26)(H,27,28)/t5-,6-,7?,8-/m0/s1. The molecule has 0 saturated heterocycles. The van der Waals surface area contributed by atoms with Crippen LogP contribution in [0, 0.1) is 0 Å². The molecule has 0 aliphatic rings. The van der Waals surface area contributed by atoms with E-state index in [9.17, 15) is 33.9 Å². The van der Waals surface area contributed by atoms with Gasteiger partial charge in [0.1, 0.15) is 12.1 Å². The van der Waals surface area contributed by atoms with Gasteiger partial charge in [-0.05, 0) is 0 Å². The first kappa shape index (κ1) is 27.6. The number of hydrogen-bond donors (Lipinski definition) is 7. The van der Waals surface area contributed by atoms with Crippen LogP contribution in [0.3, 0.4) is 0 Å². The molecule has 0 spiro atoms. The van der Waals surface area contributed by atoms with Crippen LogP contribution in [0.25, 0.3) is 0 Å². The van der Waals surface area contributed by atoms with Crippen LogP contribution < -0.4 is 17.2 Å². The highest BCUT2D eigenvalue weighted by Gasteiger charge is 2.40. The predicted molar refractivity (Wildman–Crippen MR) is 104 cm³/mol. The molecule has 0 heterocycles. The van der Waals surface area contributed by atoms with Gasteiger partial charge in [0.15, 0.2) is 0 Å². The Balaban J connectivity index is 5.61. The lowest BCUT2D eigenvalue weighted by Crippen LogP contribution is -2.59. The second kappa shape index (κ2) is 13.0. The maximum atomic E-state index is 12.5. The normalized spacial score (nSPS) is 14.8. The van der Waals surface area contributed by atoms with Crippen molar-refractivity contribution < 1.29 is 49.2 Å². The molecule has 0 saturated carbocycles. The molecular weight excluding hydrogens is 448 g/mol. The lowest BCUT2D eigenvalue weighted by Gasteiger charge is -2.30. The topological polar surface area (TPSA) is 265 Å². The van der Waals surface area contributed by atoms with Crippen LogP contribution >= 0.6 is 21.6 Å². The lowest BCUT2D eigenvalue weighted by atomic mass is 10.1. The van der Waals surface area contributed by atoms with E-state index in [2.05, 4.69) is 0 Å². The zero-order valence-corrected chi connectivity index (χ0v) is 17.0. The monoisotopic (exact) mass is 470 g/mol. The average molecular weight is 470 g/mol. The first-order chi connectivity index (χ1) is 13.8. The SMILES string of the molecule is NC(CSSC[C@@H](C(=O)O)N(C(=O)[C@@H](N)CC(=O)O)C(=O)[C@@H](N)CC(=O)O)C(=O)O. The molecule has 0 bridgehead atoms. The Hall–Kier alpha value is -2.40. The maximum Gasteiger partial charge on any atom is 0.327 e. The van der Waals surface area contributed by atoms with Crippen LogP contribution in [0.15, 0.2) is 0 Å². The summed E-state index contributed by atoms with van der Waals surface area (Å²) in [5, 5.41) is 35.7. The van der Waals surface area contributed by atoms with E-state index >= 15 is 0 Å². The van der Waals surface area contributed by atoms with Crippen molar-refractivity contribution in [2.24, 2.45) is 17.2 Å². The van der Waals surface area contributed by atoms with Gasteiger partial charge in [-0.3, -0.25) is 28.9 Å². The van der Waals surface area contributed by atoms with Crippen molar-refractivity contribution in [2.75, 3.05) is 11.5 Å². The van der Waals surface area contributed by atoms with E-state index in [1.807, 2.05) is 0 Å². The summed E-state index contributed by atoms with van der Waals surface area (Å²) in [4.78, 5) is 69.1. The van der Waals surface area contributed by atoms with Gasteiger partial charge in [0.2, 0.25) is 11.8 Å². The molecule has 0 fully saturated rings. The van der Waals surface area contributed by atoms with Gasteiger partial charge < -0.3 is 37.6 Å². The molecule has 0 aromatic rings. The summed E-state index contributed by atoms with van der Waals surface area (Å²) in [6.45, 7) is 0. The lowest BCUT2D eigenvalue weighted by molar-refractivity contribution is -0.159. The second-order valence-corrected chi connectivity index (χ2v) is 8.38. The molecule has 0 aliphatic heterocycles. The highest BCUT2D eigenvalue weighted by atomic mass is 33.1. The number of aliphatic carboxylic acids is 4. The van der Waals surface area contributed by atoms with Crippen molar-refractivity contribution in [1.29, 1.82) is 0 Å². The fourth-order valence-corrected chi connectivity index (χ4v) is 4.19. The van der Waals surface area contributed by atoms with E-state index in [0.717, 1.165) is 21.6 Å². The smallest absolute Gasteiger partial charge is 0.327 e. The third kappa shape index (κ3) is 9.40. The molecule has 4 atom stereocenters. The Kier molecular flexibility index (Phi) is 12.0. The third-order valence-corrected chi connectivity index (χ3v) is 5.80. The Bertz CT molecular complexity index is 658. The minimum absolute atomic E-state index is 0.120. The minimum atomic E-state index is -1.87. The summed E-state index contributed by atoms with van der Waals surface area (Å²) in [7, 11) is 1.64. The molecule has 0 radical (unpaired) electrons. The molecule has 0 aromatic carbocycles. The molecule has 0 aromatic heterocycles. The van der Waals surface area contributed by atoms with E-state index in [0.29, 0.717) is 0 Å². The summed E-state index contributed by atoms with van der Waals surface area (Å²) in [5.74, 6) is -9.22. The minimum Gasteiger partial charge on any atom is -0.481 e. The first-order valence-corrected chi connectivity index (χ1v) is 10.6. The van der Waals surface area contributed by atoms with E-state index in [1.165, 1.54) is 0 Å². The highest BCUT2D eigenvalue weighted by molar-refractivity contribution is 8.76. The van der Waals surface area contributed by atoms with Crippen LogP contribution in [0.1, 0.15) is 12.8 Å².